The molecule has 5 amide bonds. The normalized spacial score (nSPS) is 16.8. The smallest absolute Gasteiger partial charge is 0.255 e. The number of hydrogen-bond donors (Lipinski definition) is 8. The van der Waals surface area contributed by atoms with Gasteiger partial charge in [-0.3, -0.25) is 24.0 Å². The van der Waals surface area contributed by atoms with Gasteiger partial charge in [0, 0.05) is 43.2 Å². The van der Waals surface area contributed by atoms with Gasteiger partial charge in [-0.15, -0.1) is 0 Å². The molecule has 1 aliphatic heterocycles. The molecule has 0 aliphatic carbocycles. The minimum Gasteiger partial charge on any atom is -0.507 e. The van der Waals surface area contributed by atoms with Crippen molar-refractivity contribution >= 4 is 29.5 Å². The largest absolute Gasteiger partial charge is 0.507 e. The van der Waals surface area contributed by atoms with Gasteiger partial charge in [0.1, 0.15) is 48.8 Å². The third-order valence-corrected chi connectivity index (χ3v) is 11.2. The Labute approximate surface area is 378 Å². The number of nitrogens with zero attached hydrogens (tertiary/aromatic N) is 4. The van der Waals surface area contributed by atoms with Crippen LogP contribution in [0.5, 0.6) is 11.5 Å². The van der Waals surface area contributed by atoms with Gasteiger partial charge >= 0.3 is 0 Å². The number of aromatic hydroxyl groups is 1. The maximum Gasteiger partial charge on any atom is 0.255 e. The van der Waals surface area contributed by atoms with E-state index >= 15 is 0 Å². The molecule has 18 heteroatoms. The van der Waals surface area contributed by atoms with Crippen molar-refractivity contribution in [1.29, 1.82) is 5.26 Å². The van der Waals surface area contributed by atoms with Crippen LogP contribution in [0.25, 0.3) is 22.5 Å². The monoisotopic (exact) mass is 889 g/mol. The number of carbonyl (C=O) groups excluding carboxylic acids is 5. The Morgan fingerprint density at radius 1 is 0.969 bits per heavy atom. The zero-order chi connectivity index (χ0) is 47.7. The van der Waals surface area contributed by atoms with Crippen LogP contribution in [0.1, 0.15) is 84.2 Å². The quantitative estimate of drug-likeness (QED) is 0.0894. The molecular weight excluding hydrogens is 831 g/mol. The summed E-state index contributed by atoms with van der Waals surface area (Å²) in [5.74, 6) is -3.02. The third-order valence-electron chi connectivity index (χ3n) is 11.2. The summed E-state index contributed by atoms with van der Waals surface area (Å²) in [4.78, 5) is 80.8. The lowest BCUT2D eigenvalue weighted by atomic mass is 9.86. The molecule has 4 aromatic rings. The van der Waals surface area contributed by atoms with Gasteiger partial charge in [0.2, 0.25) is 23.6 Å². The van der Waals surface area contributed by atoms with Gasteiger partial charge in [-0.1, -0.05) is 51.1 Å². The predicted molar refractivity (Wildman–Crippen MR) is 244 cm³/mol. The second-order valence-corrected chi connectivity index (χ2v) is 17.0. The number of hydrogen-bond acceptors (Lipinski definition) is 13. The number of aromatic nitrogens is 2. The number of phenolic OH excluding ortho intramolecular Hbond substituents is 1. The molecule has 65 heavy (non-hydrogen) atoms. The number of benzene rings is 3. The first-order valence-electron chi connectivity index (χ1n) is 21.3. The summed E-state index contributed by atoms with van der Waals surface area (Å²) in [6.07, 6.45) is -0.118. The Morgan fingerprint density at radius 3 is 2.25 bits per heavy atom. The number of nitrogens with one attached hydrogen (secondary N) is 4. The Morgan fingerprint density at radius 2 is 1.65 bits per heavy atom. The molecule has 11 N–H and O–H groups in total. The van der Waals surface area contributed by atoms with Crippen LogP contribution in [-0.4, -0.2) is 101 Å². The zero-order valence-corrected chi connectivity index (χ0v) is 37.9. The first-order valence-corrected chi connectivity index (χ1v) is 21.3. The molecule has 5 rings (SSSR count). The number of fused-ring (bicyclic) bond motifs is 5. The highest BCUT2D eigenvalue weighted by Gasteiger charge is 2.36. The molecule has 1 aromatic heterocycles. The van der Waals surface area contributed by atoms with Crippen LogP contribution in [0.15, 0.2) is 54.6 Å². The Kier molecular flexibility index (Phi) is 16.0. The lowest BCUT2D eigenvalue weighted by Gasteiger charge is -2.32. The molecule has 1 aliphatic rings. The lowest BCUT2D eigenvalue weighted by molar-refractivity contribution is -0.141. The van der Waals surface area contributed by atoms with E-state index in [1.54, 1.807) is 38.1 Å². The van der Waals surface area contributed by atoms with E-state index in [1.165, 1.54) is 20.0 Å². The number of rotatable bonds is 13. The fourth-order valence-electron chi connectivity index (χ4n) is 7.70. The maximum absolute atomic E-state index is 14.7. The number of likely N-dealkylation sites (N-methyl/N-ethyl adjacent to an activating group) is 1. The summed E-state index contributed by atoms with van der Waals surface area (Å²) < 4.78 is 6.01. The average molecular weight is 890 g/mol. The SMILES string of the molecule is Cc1nc(-c2ccc(C(C)(C)C)cc2)nc(C)c1C(=O)NC(CCN)C(=O)N(C)C1C(=O)NC(C)C(=O)NC(C(=O)NCC#N)Cc2cc(c(O)cc2CN)-c2cc1ccc2OCCN. The van der Waals surface area contributed by atoms with Crippen LogP contribution in [-0.2, 0) is 37.6 Å². The van der Waals surface area contributed by atoms with Crippen molar-refractivity contribution in [2.24, 2.45) is 17.2 Å². The van der Waals surface area contributed by atoms with E-state index < -0.39 is 53.7 Å². The van der Waals surface area contributed by atoms with Crippen molar-refractivity contribution in [3.05, 3.63) is 93.8 Å². The average Bonchev–Trinajstić information content (AvgIpc) is 3.26. The molecule has 0 spiro atoms. The zero-order valence-electron chi connectivity index (χ0n) is 37.9. The molecule has 3 aromatic carbocycles. The number of carbonyl (C=O) groups is 5. The topological polar surface area (TPSA) is 294 Å². The molecule has 0 radical (unpaired) electrons. The van der Waals surface area contributed by atoms with Gasteiger partial charge in [0.15, 0.2) is 5.82 Å². The van der Waals surface area contributed by atoms with Crippen LogP contribution < -0.4 is 43.2 Å². The molecule has 344 valence electrons. The van der Waals surface area contributed by atoms with E-state index in [4.69, 9.17) is 27.2 Å². The number of aryl methyl sites for hydroxylation is 2. The second-order valence-electron chi connectivity index (χ2n) is 17.0. The molecule has 18 nitrogen and oxygen atoms in total. The number of phenols is 1. The molecule has 0 saturated carbocycles. The van der Waals surface area contributed by atoms with Gasteiger partial charge in [0.25, 0.3) is 5.91 Å². The van der Waals surface area contributed by atoms with Crippen molar-refractivity contribution in [3.63, 3.8) is 0 Å². The van der Waals surface area contributed by atoms with Crippen LogP contribution >= 0.6 is 0 Å². The number of amides is 5. The third kappa shape index (κ3) is 11.4. The minimum absolute atomic E-state index is 0.0165. The van der Waals surface area contributed by atoms with Gasteiger partial charge in [-0.05, 0) is 85.7 Å². The molecule has 0 fully saturated rings. The highest BCUT2D eigenvalue weighted by atomic mass is 16.5. The van der Waals surface area contributed by atoms with E-state index in [9.17, 15) is 29.1 Å². The van der Waals surface area contributed by atoms with Gasteiger partial charge < -0.3 is 53.2 Å². The first kappa shape index (κ1) is 49.1. The summed E-state index contributed by atoms with van der Waals surface area (Å²) in [7, 11) is 1.38. The van der Waals surface area contributed by atoms with Gasteiger partial charge in [-0.25, -0.2) is 9.97 Å². The van der Waals surface area contributed by atoms with Crippen LogP contribution in [0.4, 0.5) is 0 Å². The molecule has 4 atom stereocenters. The summed E-state index contributed by atoms with van der Waals surface area (Å²) in [5.41, 5.74) is 22.5. The van der Waals surface area contributed by atoms with Crippen molar-refractivity contribution in [2.45, 2.75) is 90.5 Å². The van der Waals surface area contributed by atoms with E-state index in [0.717, 1.165) is 16.0 Å². The van der Waals surface area contributed by atoms with E-state index in [2.05, 4.69) is 52.0 Å². The Hall–Kier alpha value is -6.94. The Bertz CT molecular complexity index is 2460. The second kappa shape index (κ2) is 21.2. The number of nitriles is 1. The number of ether oxygens (including phenoxy) is 1. The summed E-state index contributed by atoms with van der Waals surface area (Å²) in [5, 5.41) is 31.3. The first-order chi connectivity index (χ1) is 30.8. The van der Waals surface area contributed by atoms with Crippen LogP contribution in [0, 0.1) is 25.2 Å². The highest BCUT2D eigenvalue weighted by molar-refractivity contribution is 6.00. The minimum atomic E-state index is -1.45. The van der Waals surface area contributed by atoms with Crippen LogP contribution in [0.2, 0.25) is 0 Å². The van der Waals surface area contributed by atoms with E-state index in [0.29, 0.717) is 33.9 Å². The summed E-state index contributed by atoms with van der Waals surface area (Å²) >= 11 is 0. The van der Waals surface area contributed by atoms with Crippen molar-refractivity contribution in [3.8, 4) is 40.1 Å². The van der Waals surface area contributed by atoms with Gasteiger partial charge in [-0.2, -0.15) is 5.26 Å². The summed E-state index contributed by atoms with van der Waals surface area (Å²) in [6.45, 7) is 11.0. The number of nitrogens with two attached hydrogens (primary N) is 3. The molecular formula is C47H59N11O7. The van der Waals surface area contributed by atoms with Gasteiger partial charge in [0.05, 0.1) is 23.0 Å². The highest BCUT2D eigenvalue weighted by Crippen LogP contribution is 2.40. The molecule has 4 bridgehead atoms. The fourth-order valence-corrected chi connectivity index (χ4v) is 7.70. The molecule has 0 saturated heterocycles. The standard InChI is InChI=1S/C47H59N11O7/c1-25-39(26(2)54-41(53-25)28-8-11-32(12-9-28)47(4,5)6)44(62)56-35(14-15-48)46(64)58(7)40-29-10-13-38(65-19-17-50)34(20-29)33-21-30(31(24-51)23-37(33)59)22-36(43(61)52-18-16-49)57-42(60)27(3)55-45(40)63/h8-13,20-21,23,27,35-36,40,59H,14-15,17-19,22,24,48,50-51H2,1-7H3,(H,52,61)(H,55,63)(H,56,62)(H,57,60). The van der Waals surface area contributed by atoms with Crippen molar-refractivity contribution in [2.75, 3.05) is 33.3 Å². The maximum atomic E-state index is 14.7. The predicted octanol–water partition coefficient (Wildman–Crippen LogP) is 2.06. The van der Waals surface area contributed by atoms with E-state index in [-0.39, 0.29) is 79.2 Å². The Balaban J connectivity index is 1.57. The van der Waals surface area contributed by atoms with Crippen molar-refractivity contribution in [1.82, 2.24) is 36.1 Å². The lowest BCUT2D eigenvalue weighted by Crippen LogP contribution is -2.56. The molecule has 4 unspecified atom stereocenters. The summed E-state index contributed by atoms with van der Waals surface area (Å²) in [6, 6.07) is 12.3. The fraction of sp³-hybridized carbons (Fsp3) is 0.404. The van der Waals surface area contributed by atoms with Crippen LogP contribution in [0.3, 0.4) is 0 Å². The molecule has 2 heterocycles. The van der Waals surface area contributed by atoms with E-state index in [1.807, 2.05) is 30.3 Å². The van der Waals surface area contributed by atoms with Crippen molar-refractivity contribution < 1.29 is 33.8 Å².